The molecular formula is C22H15N7. The van der Waals surface area contributed by atoms with Crippen LogP contribution >= 0.6 is 0 Å². The van der Waals surface area contributed by atoms with Gasteiger partial charge in [-0.15, -0.1) is 0 Å². The summed E-state index contributed by atoms with van der Waals surface area (Å²) in [6.45, 7) is 0. The molecule has 0 aliphatic heterocycles. The van der Waals surface area contributed by atoms with E-state index in [4.69, 9.17) is 4.98 Å². The average Bonchev–Trinajstić information content (AvgIpc) is 3.52. The van der Waals surface area contributed by atoms with E-state index in [1.54, 1.807) is 18.6 Å². The van der Waals surface area contributed by atoms with E-state index in [-0.39, 0.29) is 0 Å². The molecule has 0 bridgehead atoms. The number of rotatable bonds is 3. The molecule has 7 heteroatoms. The van der Waals surface area contributed by atoms with E-state index in [9.17, 15) is 0 Å². The fourth-order valence-electron chi connectivity index (χ4n) is 3.67. The summed E-state index contributed by atoms with van der Waals surface area (Å²) in [4.78, 5) is 21.4. The molecule has 0 unspecified atom stereocenters. The van der Waals surface area contributed by atoms with Crippen molar-refractivity contribution in [2.75, 3.05) is 0 Å². The number of nitrogens with zero attached hydrogens (tertiary/aromatic N) is 5. The third kappa shape index (κ3) is 2.55. The Morgan fingerprint density at radius 3 is 2.72 bits per heavy atom. The van der Waals surface area contributed by atoms with Crippen LogP contribution in [0.1, 0.15) is 12.0 Å². The number of nitrogens with one attached hydrogen (secondary N) is 2. The lowest BCUT2D eigenvalue weighted by Gasteiger charge is -2.01. The molecule has 5 aromatic heterocycles. The summed E-state index contributed by atoms with van der Waals surface area (Å²) in [5.41, 5.74) is 8.00. The molecule has 6 rings (SSSR count). The number of hydrogen-bond acceptors (Lipinski definition) is 5. The molecule has 0 fully saturated rings. The quantitative estimate of drug-likeness (QED) is 0.489. The van der Waals surface area contributed by atoms with Gasteiger partial charge in [0.05, 0.1) is 16.7 Å². The molecule has 138 valence electrons. The summed E-state index contributed by atoms with van der Waals surface area (Å²) in [6, 6.07) is 9.84. The number of aromatic amines is 2. The summed E-state index contributed by atoms with van der Waals surface area (Å²) in [6.07, 6.45) is 12.7. The standard InChI is InChI=1S/C22H15N7/c1-2-4-13(3-1)15-9-12-24-21-18(15)26-22(27-21)20-19-17(28-29-20)6-5-16(25-19)14-7-10-23-11-8-14/h1,3-12H,2H2,(H,28,29)(H,24,26,27). The first-order valence-electron chi connectivity index (χ1n) is 9.34. The third-order valence-corrected chi connectivity index (χ3v) is 5.08. The minimum absolute atomic E-state index is 0.646. The molecule has 1 aliphatic rings. The number of fused-ring (bicyclic) bond motifs is 2. The van der Waals surface area contributed by atoms with E-state index >= 15 is 0 Å². The number of imidazole rings is 1. The molecule has 1 aliphatic carbocycles. The largest absolute Gasteiger partial charge is 0.335 e. The highest BCUT2D eigenvalue weighted by molar-refractivity contribution is 5.95. The van der Waals surface area contributed by atoms with Gasteiger partial charge in [0.15, 0.2) is 17.2 Å². The first-order valence-corrected chi connectivity index (χ1v) is 9.34. The van der Waals surface area contributed by atoms with Gasteiger partial charge in [-0.05, 0) is 42.3 Å². The van der Waals surface area contributed by atoms with Crippen molar-refractivity contribution in [3.05, 3.63) is 72.7 Å². The Labute approximate surface area is 165 Å². The molecule has 7 nitrogen and oxygen atoms in total. The van der Waals surface area contributed by atoms with Crippen LogP contribution in [0.3, 0.4) is 0 Å². The Morgan fingerprint density at radius 2 is 1.86 bits per heavy atom. The highest BCUT2D eigenvalue weighted by Crippen LogP contribution is 2.30. The zero-order valence-corrected chi connectivity index (χ0v) is 15.3. The van der Waals surface area contributed by atoms with E-state index in [0.29, 0.717) is 17.2 Å². The lowest BCUT2D eigenvalue weighted by atomic mass is 10.1. The van der Waals surface area contributed by atoms with Crippen molar-refractivity contribution < 1.29 is 0 Å². The monoisotopic (exact) mass is 377 g/mol. The van der Waals surface area contributed by atoms with Crippen LogP contribution in [0.15, 0.2) is 67.2 Å². The van der Waals surface area contributed by atoms with Crippen LogP contribution in [-0.4, -0.2) is 35.1 Å². The van der Waals surface area contributed by atoms with Gasteiger partial charge >= 0.3 is 0 Å². The normalized spacial score (nSPS) is 13.4. The molecule has 5 aromatic rings. The Bertz CT molecular complexity index is 1420. The zero-order chi connectivity index (χ0) is 19.2. The van der Waals surface area contributed by atoms with Gasteiger partial charge in [0.1, 0.15) is 5.52 Å². The van der Waals surface area contributed by atoms with E-state index in [0.717, 1.165) is 39.8 Å². The molecule has 0 aromatic carbocycles. The molecule has 29 heavy (non-hydrogen) atoms. The van der Waals surface area contributed by atoms with Gasteiger partial charge in [0, 0.05) is 29.7 Å². The van der Waals surface area contributed by atoms with Crippen molar-refractivity contribution in [1.29, 1.82) is 0 Å². The first-order chi connectivity index (χ1) is 14.4. The number of pyridine rings is 3. The van der Waals surface area contributed by atoms with Crippen LogP contribution in [0, 0.1) is 0 Å². The molecule has 5 heterocycles. The summed E-state index contributed by atoms with van der Waals surface area (Å²) in [5, 5.41) is 7.52. The molecule has 0 atom stereocenters. The maximum atomic E-state index is 4.83. The van der Waals surface area contributed by atoms with E-state index in [2.05, 4.69) is 48.4 Å². The fourth-order valence-corrected chi connectivity index (χ4v) is 3.67. The lowest BCUT2D eigenvalue weighted by Crippen LogP contribution is -1.87. The molecule has 0 saturated heterocycles. The van der Waals surface area contributed by atoms with Crippen LogP contribution in [-0.2, 0) is 0 Å². The van der Waals surface area contributed by atoms with Crippen LogP contribution in [0.2, 0.25) is 0 Å². The molecule has 0 radical (unpaired) electrons. The van der Waals surface area contributed by atoms with Gasteiger partial charge in [0.25, 0.3) is 0 Å². The Kier molecular flexibility index (Phi) is 3.40. The highest BCUT2D eigenvalue weighted by atomic mass is 15.2. The maximum absolute atomic E-state index is 4.83. The first kappa shape index (κ1) is 15.9. The van der Waals surface area contributed by atoms with Crippen molar-refractivity contribution in [3.63, 3.8) is 0 Å². The second kappa shape index (κ2) is 6.20. The van der Waals surface area contributed by atoms with Crippen molar-refractivity contribution in [2.24, 2.45) is 0 Å². The van der Waals surface area contributed by atoms with Crippen molar-refractivity contribution in [3.8, 4) is 22.8 Å². The number of H-pyrrole nitrogens is 2. The molecule has 0 amide bonds. The average molecular weight is 377 g/mol. The highest BCUT2D eigenvalue weighted by Gasteiger charge is 2.17. The topological polar surface area (TPSA) is 96.0 Å². The SMILES string of the molecule is C1=CC(c2ccnc3nc(-c4n[nH]c5ccc(-c6ccncc6)nc45)[nH]c23)=CC1. The van der Waals surface area contributed by atoms with Crippen LogP contribution < -0.4 is 0 Å². The van der Waals surface area contributed by atoms with Crippen molar-refractivity contribution in [2.45, 2.75) is 6.42 Å². The smallest absolute Gasteiger partial charge is 0.178 e. The number of hydrogen-bond donors (Lipinski definition) is 2. The third-order valence-electron chi connectivity index (χ3n) is 5.08. The summed E-state index contributed by atoms with van der Waals surface area (Å²) >= 11 is 0. The van der Waals surface area contributed by atoms with Crippen LogP contribution in [0.5, 0.6) is 0 Å². The Morgan fingerprint density at radius 1 is 0.931 bits per heavy atom. The van der Waals surface area contributed by atoms with Crippen molar-refractivity contribution >= 4 is 27.8 Å². The molecule has 0 saturated carbocycles. The van der Waals surface area contributed by atoms with Crippen LogP contribution in [0.25, 0.3) is 50.5 Å². The maximum Gasteiger partial charge on any atom is 0.178 e. The molecule has 2 N–H and O–H groups in total. The molecular weight excluding hydrogens is 362 g/mol. The minimum Gasteiger partial charge on any atom is -0.335 e. The van der Waals surface area contributed by atoms with Crippen LogP contribution in [0.4, 0.5) is 0 Å². The Balaban J connectivity index is 1.52. The number of allylic oxidation sites excluding steroid dienone is 4. The van der Waals surface area contributed by atoms with Gasteiger partial charge in [0.2, 0.25) is 0 Å². The summed E-state index contributed by atoms with van der Waals surface area (Å²) in [5.74, 6) is 0.646. The zero-order valence-electron chi connectivity index (χ0n) is 15.3. The summed E-state index contributed by atoms with van der Waals surface area (Å²) < 4.78 is 0. The van der Waals surface area contributed by atoms with Gasteiger partial charge in [-0.25, -0.2) is 15.0 Å². The van der Waals surface area contributed by atoms with Gasteiger partial charge < -0.3 is 4.98 Å². The fraction of sp³-hybridized carbons (Fsp3) is 0.0455. The second-order valence-electron chi connectivity index (χ2n) is 6.84. The molecule has 0 spiro atoms. The lowest BCUT2D eigenvalue weighted by molar-refractivity contribution is 1.10. The van der Waals surface area contributed by atoms with Gasteiger partial charge in [-0.3, -0.25) is 10.1 Å². The number of aromatic nitrogens is 7. The van der Waals surface area contributed by atoms with Gasteiger partial charge in [-0.2, -0.15) is 5.10 Å². The van der Waals surface area contributed by atoms with E-state index < -0.39 is 0 Å². The Hall–Kier alpha value is -4.13. The van der Waals surface area contributed by atoms with E-state index in [1.807, 2.05) is 30.3 Å². The van der Waals surface area contributed by atoms with Crippen molar-refractivity contribution in [1.82, 2.24) is 35.1 Å². The predicted octanol–water partition coefficient (Wildman–Crippen LogP) is 4.30. The minimum atomic E-state index is 0.646. The predicted molar refractivity (Wildman–Crippen MR) is 112 cm³/mol. The second-order valence-corrected chi connectivity index (χ2v) is 6.84. The van der Waals surface area contributed by atoms with E-state index in [1.165, 1.54) is 5.57 Å². The summed E-state index contributed by atoms with van der Waals surface area (Å²) in [7, 11) is 0. The van der Waals surface area contributed by atoms with Gasteiger partial charge in [-0.1, -0.05) is 18.2 Å².